The summed E-state index contributed by atoms with van der Waals surface area (Å²) in [4.78, 5) is 6.59. The first-order chi connectivity index (χ1) is 9.36. The van der Waals surface area contributed by atoms with Crippen LogP contribution in [0.3, 0.4) is 0 Å². The molecule has 0 aliphatic carbocycles. The van der Waals surface area contributed by atoms with Crippen LogP contribution in [0, 0.1) is 17.2 Å². The molecule has 19 heavy (non-hydrogen) atoms. The third kappa shape index (κ3) is 2.70. The third-order valence-corrected chi connectivity index (χ3v) is 3.77. The maximum atomic E-state index is 8.76. The molecule has 2 aliphatic heterocycles. The van der Waals surface area contributed by atoms with Gasteiger partial charge in [-0.2, -0.15) is 5.26 Å². The van der Waals surface area contributed by atoms with Crippen molar-refractivity contribution in [1.82, 2.24) is 4.98 Å². The molecule has 0 saturated carbocycles. The van der Waals surface area contributed by atoms with Crippen LogP contribution in [0.1, 0.15) is 18.4 Å². The lowest BCUT2D eigenvalue weighted by Gasteiger charge is -2.34. The number of nitrogens with zero attached hydrogens (tertiary/aromatic N) is 3. The Balaban J connectivity index is 1.58. The summed E-state index contributed by atoms with van der Waals surface area (Å²) in [6.07, 6.45) is 3.75. The summed E-state index contributed by atoms with van der Waals surface area (Å²) in [6.45, 7) is 3.38. The Bertz CT molecular complexity index is 455. The molecule has 0 atom stereocenters. The van der Waals surface area contributed by atoms with Gasteiger partial charge < -0.3 is 14.4 Å². The van der Waals surface area contributed by atoms with Crippen molar-refractivity contribution in [3.05, 3.63) is 23.9 Å². The van der Waals surface area contributed by atoms with Crippen molar-refractivity contribution in [2.24, 2.45) is 5.92 Å². The molecule has 5 nitrogen and oxygen atoms in total. The second kappa shape index (κ2) is 5.55. The van der Waals surface area contributed by atoms with Crippen molar-refractivity contribution < 1.29 is 9.47 Å². The average Bonchev–Trinajstić information content (AvgIpc) is 3.02. The number of rotatable bonds is 2. The number of anilines is 1. The second-order valence-electron chi connectivity index (χ2n) is 4.95. The summed E-state index contributed by atoms with van der Waals surface area (Å²) >= 11 is 0. The van der Waals surface area contributed by atoms with Crippen LogP contribution in [-0.2, 0) is 9.47 Å². The summed E-state index contributed by atoms with van der Waals surface area (Å²) in [6, 6.07) is 5.82. The van der Waals surface area contributed by atoms with Crippen LogP contribution in [0.5, 0.6) is 0 Å². The predicted molar refractivity (Wildman–Crippen MR) is 69.6 cm³/mol. The van der Waals surface area contributed by atoms with Gasteiger partial charge in [0.25, 0.3) is 0 Å². The molecule has 0 unspecified atom stereocenters. The lowest BCUT2D eigenvalue weighted by Crippen LogP contribution is -2.38. The van der Waals surface area contributed by atoms with Crippen LogP contribution in [-0.4, -0.2) is 37.6 Å². The van der Waals surface area contributed by atoms with Crippen LogP contribution in [0.2, 0.25) is 0 Å². The highest BCUT2D eigenvalue weighted by atomic mass is 16.7. The fourth-order valence-electron chi connectivity index (χ4n) is 2.69. The largest absolute Gasteiger partial charge is 0.357 e. The normalized spacial score (nSPS) is 21.5. The van der Waals surface area contributed by atoms with E-state index in [1.807, 2.05) is 12.1 Å². The minimum absolute atomic E-state index is 0.00364. The maximum Gasteiger partial charge on any atom is 0.160 e. The molecule has 0 radical (unpaired) electrons. The number of ether oxygens (including phenoxy) is 2. The van der Waals surface area contributed by atoms with Crippen LogP contribution in [0.15, 0.2) is 18.3 Å². The molecular formula is C14H17N3O2. The molecule has 1 aromatic heterocycles. The van der Waals surface area contributed by atoms with Gasteiger partial charge >= 0.3 is 0 Å². The molecule has 2 saturated heterocycles. The number of hydrogen-bond donors (Lipinski definition) is 0. The average molecular weight is 259 g/mol. The van der Waals surface area contributed by atoms with Gasteiger partial charge in [-0.3, -0.25) is 0 Å². The Kier molecular flexibility index (Phi) is 3.62. The highest BCUT2D eigenvalue weighted by Gasteiger charge is 2.30. The van der Waals surface area contributed by atoms with E-state index in [4.69, 9.17) is 14.7 Å². The van der Waals surface area contributed by atoms with E-state index in [2.05, 4.69) is 16.0 Å². The predicted octanol–water partition coefficient (Wildman–Crippen LogP) is 1.54. The molecule has 0 N–H and O–H groups in total. The van der Waals surface area contributed by atoms with Gasteiger partial charge in [0.2, 0.25) is 0 Å². The van der Waals surface area contributed by atoms with E-state index in [9.17, 15) is 0 Å². The fourth-order valence-corrected chi connectivity index (χ4v) is 2.69. The van der Waals surface area contributed by atoms with Gasteiger partial charge in [0.1, 0.15) is 11.9 Å². The lowest BCUT2D eigenvalue weighted by molar-refractivity contribution is -0.0889. The van der Waals surface area contributed by atoms with Crippen molar-refractivity contribution >= 4 is 5.82 Å². The number of aromatic nitrogens is 1. The SMILES string of the molecule is N#Cc1ccc(N2CCC(C3OCCO3)CC2)nc1. The first-order valence-corrected chi connectivity index (χ1v) is 6.71. The van der Waals surface area contributed by atoms with E-state index < -0.39 is 0 Å². The molecule has 100 valence electrons. The zero-order valence-corrected chi connectivity index (χ0v) is 10.8. The Morgan fingerprint density at radius 3 is 2.53 bits per heavy atom. The summed E-state index contributed by atoms with van der Waals surface area (Å²) in [7, 11) is 0. The van der Waals surface area contributed by atoms with Gasteiger partial charge in [-0.05, 0) is 25.0 Å². The molecule has 3 heterocycles. The van der Waals surface area contributed by atoms with Crippen molar-refractivity contribution in [1.29, 1.82) is 5.26 Å². The zero-order chi connectivity index (χ0) is 13.1. The first kappa shape index (κ1) is 12.4. The molecule has 0 amide bonds. The highest BCUT2D eigenvalue weighted by Crippen LogP contribution is 2.27. The quantitative estimate of drug-likeness (QED) is 0.806. The fraction of sp³-hybridized carbons (Fsp3) is 0.571. The van der Waals surface area contributed by atoms with Crippen molar-refractivity contribution in [2.75, 3.05) is 31.2 Å². The standard InChI is InChI=1S/C14H17N3O2/c15-9-11-1-2-13(16-10-11)17-5-3-12(4-6-17)14-18-7-8-19-14/h1-2,10,12,14H,3-8H2. The van der Waals surface area contributed by atoms with Gasteiger partial charge in [-0.1, -0.05) is 0 Å². The lowest BCUT2D eigenvalue weighted by atomic mass is 9.96. The third-order valence-electron chi connectivity index (χ3n) is 3.77. The molecule has 2 fully saturated rings. The van der Waals surface area contributed by atoms with Gasteiger partial charge in [0.05, 0.1) is 18.8 Å². The maximum absolute atomic E-state index is 8.76. The van der Waals surface area contributed by atoms with Crippen molar-refractivity contribution in [3.63, 3.8) is 0 Å². The molecular weight excluding hydrogens is 242 g/mol. The van der Waals surface area contributed by atoms with Crippen LogP contribution < -0.4 is 4.90 Å². The van der Waals surface area contributed by atoms with Crippen LogP contribution in [0.4, 0.5) is 5.82 Å². The van der Waals surface area contributed by atoms with Gasteiger partial charge in [-0.15, -0.1) is 0 Å². The van der Waals surface area contributed by atoms with Crippen molar-refractivity contribution in [3.8, 4) is 6.07 Å². The number of hydrogen-bond acceptors (Lipinski definition) is 5. The Hall–Kier alpha value is -1.64. The molecule has 5 heteroatoms. The Morgan fingerprint density at radius 2 is 1.95 bits per heavy atom. The zero-order valence-electron chi connectivity index (χ0n) is 10.8. The Labute approximate surface area is 112 Å². The number of pyridine rings is 1. The smallest absolute Gasteiger partial charge is 0.160 e. The molecule has 1 aromatic rings. The van der Waals surface area contributed by atoms with Gasteiger partial charge in [0.15, 0.2) is 6.29 Å². The van der Waals surface area contributed by atoms with E-state index >= 15 is 0 Å². The van der Waals surface area contributed by atoms with Crippen molar-refractivity contribution in [2.45, 2.75) is 19.1 Å². The Morgan fingerprint density at radius 1 is 1.21 bits per heavy atom. The molecule has 3 rings (SSSR count). The minimum Gasteiger partial charge on any atom is -0.357 e. The first-order valence-electron chi connectivity index (χ1n) is 6.71. The minimum atomic E-state index is -0.00364. The van der Waals surface area contributed by atoms with Gasteiger partial charge in [0, 0.05) is 25.2 Å². The van der Waals surface area contributed by atoms with E-state index in [1.54, 1.807) is 6.20 Å². The van der Waals surface area contributed by atoms with E-state index in [-0.39, 0.29) is 6.29 Å². The number of piperidine rings is 1. The topological polar surface area (TPSA) is 58.4 Å². The van der Waals surface area contributed by atoms with E-state index in [0.29, 0.717) is 11.5 Å². The van der Waals surface area contributed by atoms with Crippen LogP contribution in [0.25, 0.3) is 0 Å². The summed E-state index contributed by atoms with van der Waals surface area (Å²) in [5, 5.41) is 8.76. The monoisotopic (exact) mass is 259 g/mol. The molecule has 0 bridgehead atoms. The molecule has 2 aliphatic rings. The summed E-state index contributed by atoms with van der Waals surface area (Å²) in [5.74, 6) is 1.45. The number of nitriles is 1. The second-order valence-corrected chi connectivity index (χ2v) is 4.95. The van der Waals surface area contributed by atoms with Gasteiger partial charge in [-0.25, -0.2) is 4.98 Å². The summed E-state index contributed by atoms with van der Waals surface area (Å²) in [5.41, 5.74) is 0.603. The summed E-state index contributed by atoms with van der Waals surface area (Å²) < 4.78 is 11.1. The van der Waals surface area contributed by atoms with E-state index in [1.165, 1.54) is 0 Å². The molecule has 0 spiro atoms. The van der Waals surface area contributed by atoms with Crippen LogP contribution >= 0.6 is 0 Å². The molecule has 0 aromatic carbocycles. The highest BCUT2D eigenvalue weighted by molar-refractivity contribution is 5.42. The van der Waals surface area contributed by atoms with E-state index in [0.717, 1.165) is 45.0 Å².